The Morgan fingerprint density at radius 2 is 1.60 bits per heavy atom. The molecule has 0 radical (unpaired) electrons. The summed E-state index contributed by atoms with van der Waals surface area (Å²) < 4.78 is 0. The zero-order chi connectivity index (χ0) is 11.1. The first kappa shape index (κ1) is 12.3. The first-order valence-corrected chi connectivity index (χ1v) is 6.37. The molecule has 84 valence electrons. The molecule has 0 aromatic heterocycles. The van der Waals surface area contributed by atoms with Gasteiger partial charge in [0.25, 0.3) is 0 Å². The van der Waals surface area contributed by atoms with Crippen molar-refractivity contribution in [3.05, 3.63) is 34.9 Å². The number of rotatable bonds is 6. The van der Waals surface area contributed by atoms with Gasteiger partial charge in [0.2, 0.25) is 0 Å². The van der Waals surface area contributed by atoms with Crippen molar-refractivity contribution in [1.29, 1.82) is 0 Å². The van der Waals surface area contributed by atoms with Crippen molar-refractivity contribution >= 4 is 0 Å². The van der Waals surface area contributed by atoms with Gasteiger partial charge in [0.1, 0.15) is 0 Å². The van der Waals surface area contributed by atoms with E-state index in [4.69, 9.17) is 0 Å². The Balaban J connectivity index is 2.77. The lowest BCUT2D eigenvalue weighted by Crippen LogP contribution is -1.97. The lowest BCUT2D eigenvalue weighted by molar-refractivity contribution is 0.754. The van der Waals surface area contributed by atoms with E-state index in [9.17, 15) is 0 Å². The molecule has 0 aliphatic heterocycles. The van der Waals surface area contributed by atoms with Crippen LogP contribution in [0.5, 0.6) is 0 Å². The van der Waals surface area contributed by atoms with E-state index in [0.29, 0.717) is 0 Å². The summed E-state index contributed by atoms with van der Waals surface area (Å²) in [7, 11) is 0. The Morgan fingerprint density at radius 1 is 0.933 bits per heavy atom. The van der Waals surface area contributed by atoms with E-state index >= 15 is 0 Å². The summed E-state index contributed by atoms with van der Waals surface area (Å²) >= 11 is 0. The van der Waals surface area contributed by atoms with E-state index in [1.807, 2.05) is 0 Å². The second-order valence-electron chi connectivity index (χ2n) is 4.42. The quantitative estimate of drug-likeness (QED) is 0.631. The van der Waals surface area contributed by atoms with Crippen LogP contribution in [0.25, 0.3) is 0 Å². The van der Waals surface area contributed by atoms with Crippen LogP contribution in [0.4, 0.5) is 0 Å². The average Bonchev–Trinajstić information content (AvgIpc) is 2.25. The van der Waals surface area contributed by atoms with Crippen molar-refractivity contribution in [2.45, 2.75) is 59.3 Å². The third-order valence-corrected chi connectivity index (χ3v) is 3.09. The summed E-state index contributed by atoms with van der Waals surface area (Å²) in [5.74, 6) is 0. The Bertz CT molecular complexity index is 286. The van der Waals surface area contributed by atoms with Crippen LogP contribution < -0.4 is 0 Å². The maximum atomic E-state index is 2.31. The third-order valence-electron chi connectivity index (χ3n) is 3.09. The zero-order valence-corrected chi connectivity index (χ0v) is 10.5. The highest BCUT2D eigenvalue weighted by Gasteiger charge is 2.04. The van der Waals surface area contributed by atoms with Gasteiger partial charge in [-0.25, -0.2) is 0 Å². The first-order valence-electron chi connectivity index (χ1n) is 6.37. The molecule has 0 heteroatoms. The summed E-state index contributed by atoms with van der Waals surface area (Å²) in [6, 6.07) is 6.77. The highest BCUT2D eigenvalue weighted by Crippen LogP contribution is 2.18. The monoisotopic (exact) mass is 204 g/mol. The van der Waals surface area contributed by atoms with Gasteiger partial charge in [0.05, 0.1) is 0 Å². The van der Waals surface area contributed by atoms with Gasteiger partial charge in [-0.1, -0.05) is 44.9 Å². The average molecular weight is 204 g/mol. The van der Waals surface area contributed by atoms with Crippen molar-refractivity contribution in [1.82, 2.24) is 0 Å². The SMILES string of the molecule is CCCCc1cccc(C)c1CCCC. The van der Waals surface area contributed by atoms with Gasteiger partial charge in [-0.15, -0.1) is 0 Å². The second kappa shape index (κ2) is 6.66. The molecule has 0 saturated carbocycles. The van der Waals surface area contributed by atoms with E-state index in [1.54, 1.807) is 11.1 Å². The smallest absolute Gasteiger partial charge is 0.0274 e. The molecular formula is C15H24. The minimum absolute atomic E-state index is 1.26. The van der Waals surface area contributed by atoms with Crippen LogP contribution in [0, 0.1) is 6.92 Å². The van der Waals surface area contributed by atoms with Crippen LogP contribution in [0.2, 0.25) is 0 Å². The maximum absolute atomic E-state index is 2.31. The molecule has 0 atom stereocenters. The third kappa shape index (κ3) is 3.70. The minimum atomic E-state index is 1.26. The molecule has 0 amide bonds. The highest BCUT2D eigenvalue weighted by molar-refractivity contribution is 5.34. The standard InChI is InChI=1S/C15H24/c1-4-6-10-14-11-8-9-13(3)15(14)12-7-5-2/h8-9,11H,4-7,10,12H2,1-3H3. The van der Waals surface area contributed by atoms with E-state index in [0.717, 1.165) is 0 Å². The van der Waals surface area contributed by atoms with Gasteiger partial charge >= 0.3 is 0 Å². The molecule has 0 bridgehead atoms. The molecule has 0 saturated heterocycles. The summed E-state index contributed by atoms with van der Waals surface area (Å²) in [5, 5.41) is 0. The molecule has 0 aliphatic carbocycles. The molecule has 1 rings (SSSR count). The molecule has 1 aromatic rings. The Morgan fingerprint density at radius 3 is 2.27 bits per heavy atom. The van der Waals surface area contributed by atoms with Crippen molar-refractivity contribution in [2.75, 3.05) is 0 Å². The fraction of sp³-hybridized carbons (Fsp3) is 0.600. The second-order valence-corrected chi connectivity index (χ2v) is 4.42. The Labute approximate surface area is 94.7 Å². The first-order chi connectivity index (χ1) is 7.29. The van der Waals surface area contributed by atoms with Gasteiger partial charge in [0.15, 0.2) is 0 Å². The highest BCUT2D eigenvalue weighted by atomic mass is 14.1. The molecule has 15 heavy (non-hydrogen) atoms. The van der Waals surface area contributed by atoms with Crippen molar-refractivity contribution in [3.63, 3.8) is 0 Å². The van der Waals surface area contributed by atoms with Gasteiger partial charge in [-0.2, -0.15) is 0 Å². The molecule has 0 fully saturated rings. The number of hydrogen-bond acceptors (Lipinski definition) is 0. The molecule has 0 N–H and O–H groups in total. The van der Waals surface area contributed by atoms with Crippen LogP contribution in [-0.2, 0) is 12.8 Å². The maximum Gasteiger partial charge on any atom is -0.0274 e. The number of unbranched alkanes of at least 4 members (excludes halogenated alkanes) is 2. The van der Waals surface area contributed by atoms with E-state index < -0.39 is 0 Å². The fourth-order valence-electron chi connectivity index (χ4n) is 2.08. The summed E-state index contributed by atoms with van der Waals surface area (Å²) in [4.78, 5) is 0. The largest absolute Gasteiger partial charge is 0.0654 e. The van der Waals surface area contributed by atoms with Crippen LogP contribution in [0.3, 0.4) is 0 Å². The van der Waals surface area contributed by atoms with E-state index in [2.05, 4.69) is 39.0 Å². The van der Waals surface area contributed by atoms with Crippen molar-refractivity contribution in [3.8, 4) is 0 Å². The number of hydrogen-bond donors (Lipinski definition) is 0. The van der Waals surface area contributed by atoms with Crippen LogP contribution in [0.1, 0.15) is 56.2 Å². The van der Waals surface area contributed by atoms with Crippen LogP contribution in [-0.4, -0.2) is 0 Å². The number of aryl methyl sites for hydroxylation is 2. The van der Waals surface area contributed by atoms with Gasteiger partial charge < -0.3 is 0 Å². The molecule has 0 nitrogen and oxygen atoms in total. The molecule has 0 unspecified atom stereocenters. The van der Waals surface area contributed by atoms with Crippen LogP contribution in [0.15, 0.2) is 18.2 Å². The van der Waals surface area contributed by atoms with E-state index in [1.165, 1.54) is 44.1 Å². The van der Waals surface area contributed by atoms with Gasteiger partial charge in [-0.3, -0.25) is 0 Å². The van der Waals surface area contributed by atoms with Crippen molar-refractivity contribution < 1.29 is 0 Å². The van der Waals surface area contributed by atoms with Crippen molar-refractivity contribution in [2.24, 2.45) is 0 Å². The molecule has 1 aromatic carbocycles. The predicted molar refractivity (Wildman–Crippen MR) is 68.4 cm³/mol. The minimum Gasteiger partial charge on any atom is -0.0654 e. The predicted octanol–water partition coefficient (Wildman–Crippen LogP) is 4.68. The van der Waals surface area contributed by atoms with Crippen LogP contribution >= 0.6 is 0 Å². The zero-order valence-electron chi connectivity index (χ0n) is 10.5. The fourth-order valence-corrected chi connectivity index (χ4v) is 2.08. The summed E-state index contributed by atoms with van der Waals surface area (Å²) in [6.07, 6.45) is 7.76. The van der Waals surface area contributed by atoms with E-state index in [-0.39, 0.29) is 0 Å². The molecule has 0 aliphatic rings. The Kier molecular flexibility index (Phi) is 5.45. The van der Waals surface area contributed by atoms with Gasteiger partial charge in [-0.05, 0) is 49.3 Å². The topological polar surface area (TPSA) is 0 Å². The molecule has 0 heterocycles. The molecule has 0 spiro atoms. The summed E-state index contributed by atoms with van der Waals surface area (Å²) in [6.45, 7) is 6.78. The molecular weight excluding hydrogens is 180 g/mol. The van der Waals surface area contributed by atoms with Gasteiger partial charge in [0, 0.05) is 0 Å². The number of benzene rings is 1. The Hall–Kier alpha value is -0.780. The lowest BCUT2D eigenvalue weighted by Gasteiger charge is -2.11. The lowest BCUT2D eigenvalue weighted by atomic mass is 9.94. The summed E-state index contributed by atoms with van der Waals surface area (Å²) in [5.41, 5.74) is 4.69. The normalized spacial score (nSPS) is 10.6.